The SMILES string of the molecule is CO[C@@H]1O[C@H](CO[C@H]2O[C@@H](CO)[C@H](O)[C@@H](O)[C@@H]2O)[C@@H](O)[C@H](O)[C@H]1O. The molecule has 0 amide bonds. The summed E-state index contributed by atoms with van der Waals surface area (Å²) < 4.78 is 20.5. The predicted octanol–water partition coefficient (Wildman–Crippen LogP) is -4.74. The number of hydrogen-bond donors (Lipinski definition) is 7. The minimum absolute atomic E-state index is 0.381. The van der Waals surface area contributed by atoms with Gasteiger partial charge in [0.25, 0.3) is 0 Å². The molecule has 2 fully saturated rings. The van der Waals surface area contributed by atoms with Gasteiger partial charge >= 0.3 is 0 Å². The molecule has 0 aromatic heterocycles. The highest BCUT2D eigenvalue weighted by Crippen LogP contribution is 2.25. The maximum absolute atomic E-state index is 9.91. The molecule has 0 saturated carbocycles. The van der Waals surface area contributed by atoms with E-state index in [0.29, 0.717) is 0 Å². The largest absolute Gasteiger partial charge is 0.394 e. The van der Waals surface area contributed by atoms with Crippen molar-refractivity contribution in [2.45, 2.75) is 61.4 Å². The molecule has 142 valence electrons. The van der Waals surface area contributed by atoms with Crippen molar-refractivity contribution in [2.24, 2.45) is 0 Å². The summed E-state index contributed by atoms with van der Waals surface area (Å²) in [5.74, 6) is 0. The summed E-state index contributed by atoms with van der Waals surface area (Å²) in [6, 6.07) is 0. The number of rotatable bonds is 5. The first-order valence-electron chi connectivity index (χ1n) is 7.46. The third kappa shape index (κ3) is 3.86. The second-order valence-electron chi connectivity index (χ2n) is 5.78. The summed E-state index contributed by atoms with van der Waals surface area (Å²) in [6.07, 6.45) is -14.0. The van der Waals surface area contributed by atoms with E-state index in [9.17, 15) is 30.6 Å². The molecule has 0 aromatic carbocycles. The van der Waals surface area contributed by atoms with E-state index in [4.69, 9.17) is 24.1 Å². The lowest BCUT2D eigenvalue weighted by Gasteiger charge is -2.42. The van der Waals surface area contributed by atoms with E-state index in [2.05, 4.69) is 0 Å². The highest BCUT2D eigenvalue weighted by molar-refractivity contribution is 4.91. The fourth-order valence-corrected chi connectivity index (χ4v) is 2.64. The number of methoxy groups -OCH3 is 1. The molecule has 2 aliphatic rings. The molecule has 0 bridgehead atoms. The van der Waals surface area contributed by atoms with E-state index in [-0.39, 0.29) is 6.61 Å². The van der Waals surface area contributed by atoms with E-state index in [1.54, 1.807) is 0 Å². The first kappa shape index (κ1) is 19.9. The number of hydrogen-bond acceptors (Lipinski definition) is 11. The molecular formula is C13H24O11. The topological polar surface area (TPSA) is 179 Å². The van der Waals surface area contributed by atoms with Gasteiger partial charge in [0.1, 0.15) is 48.8 Å². The van der Waals surface area contributed by atoms with Gasteiger partial charge in [-0.15, -0.1) is 0 Å². The molecule has 2 saturated heterocycles. The summed E-state index contributed by atoms with van der Waals surface area (Å²) >= 11 is 0. The first-order valence-corrected chi connectivity index (χ1v) is 7.46. The Morgan fingerprint density at radius 3 is 1.75 bits per heavy atom. The zero-order valence-corrected chi connectivity index (χ0v) is 13.0. The predicted molar refractivity (Wildman–Crippen MR) is 73.4 cm³/mol. The van der Waals surface area contributed by atoms with Crippen molar-refractivity contribution in [1.82, 2.24) is 0 Å². The summed E-state index contributed by atoms with van der Waals surface area (Å²) in [4.78, 5) is 0. The number of aliphatic hydroxyl groups is 7. The molecule has 7 N–H and O–H groups in total. The van der Waals surface area contributed by atoms with Gasteiger partial charge in [-0.2, -0.15) is 0 Å². The van der Waals surface area contributed by atoms with Gasteiger partial charge in [0.2, 0.25) is 0 Å². The van der Waals surface area contributed by atoms with Crippen molar-refractivity contribution >= 4 is 0 Å². The lowest BCUT2D eigenvalue weighted by atomic mass is 9.98. The van der Waals surface area contributed by atoms with Crippen LogP contribution in [-0.4, -0.2) is 117 Å². The highest BCUT2D eigenvalue weighted by atomic mass is 16.7. The second kappa shape index (κ2) is 8.29. The van der Waals surface area contributed by atoms with Crippen LogP contribution in [0.3, 0.4) is 0 Å². The van der Waals surface area contributed by atoms with Crippen LogP contribution in [0.4, 0.5) is 0 Å². The Hall–Kier alpha value is -0.440. The third-order valence-electron chi connectivity index (χ3n) is 4.17. The normalized spacial score (nSPS) is 50.0. The summed E-state index contributed by atoms with van der Waals surface area (Å²) in [5, 5.41) is 67.6. The van der Waals surface area contributed by atoms with E-state index >= 15 is 0 Å². The summed E-state index contributed by atoms with van der Waals surface area (Å²) in [7, 11) is 1.24. The molecule has 11 heteroatoms. The lowest BCUT2D eigenvalue weighted by Crippen LogP contribution is -2.61. The lowest BCUT2D eigenvalue weighted by molar-refractivity contribution is -0.328. The third-order valence-corrected chi connectivity index (χ3v) is 4.17. The highest BCUT2D eigenvalue weighted by Gasteiger charge is 2.47. The minimum Gasteiger partial charge on any atom is -0.394 e. The summed E-state index contributed by atoms with van der Waals surface area (Å²) in [6.45, 7) is -0.989. The Labute approximate surface area is 137 Å². The van der Waals surface area contributed by atoms with Crippen molar-refractivity contribution in [2.75, 3.05) is 20.3 Å². The molecule has 0 radical (unpaired) electrons. The Morgan fingerprint density at radius 1 is 0.708 bits per heavy atom. The average Bonchev–Trinajstić information content (AvgIpc) is 2.58. The molecule has 2 rings (SSSR count). The van der Waals surface area contributed by atoms with Gasteiger partial charge in [-0.3, -0.25) is 0 Å². The van der Waals surface area contributed by atoms with E-state index in [1.807, 2.05) is 0 Å². The van der Waals surface area contributed by atoms with Crippen molar-refractivity contribution in [1.29, 1.82) is 0 Å². The van der Waals surface area contributed by atoms with Crippen LogP contribution in [0.25, 0.3) is 0 Å². The molecule has 24 heavy (non-hydrogen) atoms. The van der Waals surface area contributed by atoms with E-state index < -0.39 is 68.0 Å². The Morgan fingerprint density at radius 2 is 1.21 bits per heavy atom. The second-order valence-corrected chi connectivity index (χ2v) is 5.78. The number of ether oxygens (including phenoxy) is 4. The smallest absolute Gasteiger partial charge is 0.186 e. The average molecular weight is 356 g/mol. The van der Waals surface area contributed by atoms with Crippen LogP contribution in [0.15, 0.2) is 0 Å². The van der Waals surface area contributed by atoms with Gasteiger partial charge in [-0.05, 0) is 0 Å². The van der Waals surface area contributed by atoms with Crippen LogP contribution in [0.1, 0.15) is 0 Å². The molecule has 11 nitrogen and oxygen atoms in total. The molecule has 0 unspecified atom stereocenters. The quantitative estimate of drug-likeness (QED) is 0.251. The Kier molecular flexibility index (Phi) is 6.87. The van der Waals surface area contributed by atoms with Gasteiger partial charge in [0.05, 0.1) is 13.2 Å². The van der Waals surface area contributed by atoms with Gasteiger partial charge < -0.3 is 54.7 Å². The zero-order valence-electron chi connectivity index (χ0n) is 13.0. The van der Waals surface area contributed by atoms with Crippen LogP contribution < -0.4 is 0 Å². The van der Waals surface area contributed by atoms with Crippen molar-refractivity contribution in [3.8, 4) is 0 Å². The van der Waals surface area contributed by atoms with Gasteiger partial charge in [0.15, 0.2) is 12.6 Å². The summed E-state index contributed by atoms with van der Waals surface area (Å²) in [5.41, 5.74) is 0. The van der Waals surface area contributed by atoms with E-state index in [0.717, 1.165) is 0 Å². The number of aliphatic hydroxyl groups excluding tert-OH is 7. The van der Waals surface area contributed by atoms with Crippen LogP contribution in [-0.2, 0) is 18.9 Å². The molecule has 0 aromatic rings. The van der Waals surface area contributed by atoms with Gasteiger partial charge in [0, 0.05) is 7.11 Å². The van der Waals surface area contributed by atoms with Crippen LogP contribution in [0.5, 0.6) is 0 Å². The van der Waals surface area contributed by atoms with Gasteiger partial charge in [-0.25, -0.2) is 0 Å². The Balaban J connectivity index is 1.96. The monoisotopic (exact) mass is 356 g/mol. The van der Waals surface area contributed by atoms with Crippen molar-refractivity contribution in [3.63, 3.8) is 0 Å². The molecule has 2 heterocycles. The zero-order chi connectivity index (χ0) is 18.0. The molecule has 0 spiro atoms. The van der Waals surface area contributed by atoms with Gasteiger partial charge in [-0.1, -0.05) is 0 Å². The van der Waals surface area contributed by atoms with Crippen LogP contribution in [0, 0.1) is 0 Å². The van der Waals surface area contributed by atoms with E-state index in [1.165, 1.54) is 7.11 Å². The van der Waals surface area contributed by atoms with Crippen LogP contribution >= 0.6 is 0 Å². The maximum Gasteiger partial charge on any atom is 0.186 e. The maximum atomic E-state index is 9.91. The fourth-order valence-electron chi connectivity index (χ4n) is 2.64. The standard InChI is InChI=1S/C13H24O11/c1-21-12-10(19)9(18)7(16)5(24-12)3-22-13-11(20)8(17)6(15)4(2-14)23-13/h4-20H,2-3H2,1H3/t4-,5+,6-,7+,8+,9-,10+,11-,12+,13-/m0/s1. The molecule has 2 aliphatic heterocycles. The molecule has 10 atom stereocenters. The minimum atomic E-state index is -1.60. The van der Waals surface area contributed by atoms with Crippen molar-refractivity contribution in [3.05, 3.63) is 0 Å². The van der Waals surface area contributed by atoms with Crippen molar-refractivity contribution < 1.29 is 54.7 Å². The molecular weight excluding hydrogens is 332 g/mol. The Bertz CT molecular complexity index is 356. The first-order chi connectivity index (χ1) is 11.3. The fraction of sp³-hybridized carbons (Fsp3) is 1.00. The molecule has 0 aliphatic carbocycles. The van der Waals surface area contributed by atoms with Crippen LogP contribution in [0.2, 0.25) is 0 Å².